The van der Waals surface area contributed by atoms with Crippen molar-refractivity contribution in [3.63, 3.8) is 0 Å². The van der Waals surface area contributed by atoms with Crippen molar-refractivity contribution in [1.29, 1.82) is 0 Å². The molecule has 3 rings (SSSR count). The maximum absolute atomic E-state index is 10.0. The van der Waals surface area contributed by atoms with E-state index >= 15 is 0 Å². The fourth-order valence-electron chi connectivity index (χ4n) is 2.57. The van der Waals surface area contributed by atoms with Gasteiger partial charge in [0.25, 0.3) is 0 Å². The number of nitrogens with one attached hydrogen (secondary N) is 1. The van der Waals surface area contributed by atoms with Gasteiger partial charge in [0.05, 0.1) is 19.0 Å². The quantitative estimate of drug-likeness (QED) is 0.768. The summed E-state index contributed by atoms with van der Waals surface area (Å²) in [5, 5.41) is 13.3. The highest BCUT2D eigenvalue weighted by molar-refractivity contribution is 7.09. The fraction of sp³-hybridized carbons (Fsp3) is 0.615. The number of anilines is 1. The second kappa shape index (κ2) is 6.83. The Kier molecular flexibility index (Phi) is 4.83. The van der Waals surface area contributed by atoms with Gasteiger partial charge in [-0.3, -0.25) is 4.57 Å². The zero-order valence-corrected chi connectivity index (χ0v) is 13.5. The van der Waals surface area contributed by atoms with Crippen LogP contribution in [0.4, 0.5) is 5.82 Å². The van der Waals surface area contributed by atoms with E-state index < -0.39 is 6.10 Å². The molecule has 2 N–H and O–H groups in total. The fourth-order valence-corrected chi connectivity index (χ4v) is 2.76. The molecule has 1 aliphatic heterocycles. The topological polar surface area (TPSA) is 94.3 Å². The summed E-state index contributed by atoms with van der Waals surface area (Å²) in [5.41, 5.74) is 1.40. The normalized spacial score (nSPS) is 25.0. The largest absolute Gasteiger partial charge is 0.390 e. The highest BCUT2D eigenvalue weighted by Crippen LogP contribution is 2.32. The lowest BCUT2D eigenvalue weighted by atomic mass is 10.2. The third kappa shape index (κ3) is 2.92. The first kappa shape index (κ1) is 15.6. The van der Waals surface area contributed by atoms with E-state index in [4.69, 9.17) is 9.26 Å². The molecule has 22 heavy (non-hydrogen) atoms. The van der Waals surface area contributed by atoms with Crippen molar-refractivity contribution in [1.82, 2.24) is 19.5 Å². The maximum atomic E-state index is 10.0. The van der Waals surface area contributed by atoms with Crippen LogP contribution in [0.1, 0.15) is 26.0 Å². The molecule has 4 atom stereocenters. The first-order valence-corrected chi connectivity index (χ1v) is 7.78. The standard InChI is InChI=1S/C13H20N5O3P/c1-2-3-14-12-11-13(16-6-15-12)18(7-17-11)10-4-8(19)9(21-10)5-20-22/h6-10,19H,2-5,22H2,1H3,(H,14,15,16)/t8?,9-,10-/m1/s1. The summed E-state index contributed by atoms with van der Waals surface area (Å²) >= 11 is 0. The predicted molar refractivity (Wildman–Crippen MR) is 84.3 cm³/mol. The summed E-state index contributed by atoms with van der Waals surface area (Å²) in [5.74, 6) is 0.717. The first-order chi connectivity index (χ1) is 10.7. The number of fused-ring (bicyclic) bond motifs is 1. The second-order valence-corrected chi connectivity index (χ2v) is 5.57. The number of imidazole rings is 1. The minimum atomic E-state index is -0.567. The van der Waals surface area contributed by atoms with Crippen LogP contribution in [-0.2, 0) is 9.26 Å². The van der Waals surface area contributed by atoms with Crippen LogP contribution in [0.2, 0.25) is 0 Å². The molecular formula is C13H20N5O3P. The average molecular weight is 325 g/mol. The lowest BCUT2D eigenvalue weighted by Gasteiger charge is -2.14. The molecule has 120 valence electrons. The van der Waals surface area contributed by atoms with Gasteiger partial charge >= 0.3 is 0 Å². The molecule has 1 saturated heterocycles. The summed E-state index contributed by atoms with van der Waals surface area (Å²) < 4.78 is 12.7. The van der Waals surface area contributed by atoms with Crippen molar-refractivity contribution >= 4 is 26.4 Å². The van der Waals surface area contributed by atoms with Crippen LogP contribution in [0.15, 0.2) is 12.7 Å². The number of hydrogen-bond acceptors (Lipinski definition) is 7. The van der Waals surface area contributed by atoms with Crippen molar-refractivity contribution < 1.29 is 14.4 Å². The molecule has 8 nitrogen and oxygen atoms in total. The highest BCUT2D eigenvalue weighted by Gasteiger charge is 2.35. The van der Waals surface area contributed by atoms with E-state index in [0.717, 1.165) is 13.0 Å². The van der Waals surface area contributed by atoms with Crippen LogP contribution in [-0.4, -0.2) is 50.0 Å². The zero-order chi connectivity index (χ0) is 15.5. The Labute approximate surface area is 130 Å². The van der Waals surface area contributed by atoms with E-state index in [-0.39, 0.29) is 12.3 Å². The van der Waals surface area contributed by atoms with E-state index in [0.29, 0.717) is 30.0 Å². The van der Waals surface area contributed by atoms with E-state index in [1.54, 1.807) is 6.33 Å². The van der Waals surface area contributed by atoms with Crippen LogP contribution in [0.3, 0.4) is 0 Å². The number of aliphatic hydroxyl groups excluding tert-OH is 1. The number of hydrogen-bond donors (Lipinski definition) is 2. The molecule has 0 radical (unpaired) electrons. The molecule has 0 aromatic carbocycles. The van der Waals surface area contributed by atoms with Crippen molar-refractivity contribution in [3.05, 3.63) is 12.7 Å². The van der Waals surface area contributed by atoms with Crippen molar-refractivity contribution in [2.75, 3.05) is 18.5 Å². The Morgan fingerprint density at radius 2 is 2.36 bits per heavy atom. The van der Waals surface area contributed by atoms with Crippen LogP contribution >= 0.6 is 9.47 Å². The average Bonchev–Trinajstić information content (AvgIpc) is 3.10. The third-order valence-corrected chi connectivity index (χ3v) is 3.87. The lowest BCUT2D eigenvalue weighted by molar-refractivity contribution is -0.0353. The van der Waals surface area contributed by atoms with Gasteiger partial charge in [-0.1, -0.05) is 6.92 Å². The van der Waals surface area contributed by atoms with E-state index in [1.807, 2.05) is 4.57 Å². The lowest BCUT2D eigenvalue weighted by Crippen LogP contribution is -2.24. The minimum Gasteiger partial charge on any atom is -0.390 e. The molecule has 2 unspecified atom stereocenters. The van der Waals surface area contributed by atoms with Crippen LogP contribution in [0, 0.1) is 0 Å². The highest BCUT2D eigenvalue weighted by atomic mass is 31.0. The van der Waals surface area contributed by atoms with Crippen LogP contribution in [0.25, 0.3) is 11.2 Å². The number of aromatic nitrogens is 4. The Morgan fingerprint density at radius 1 is 1.50 bits per heavy atom. The number of ether oxygens (including phenoxy) is 1. The molecule has 0 spiro atoms. The van der Waals surface area contributed by atoms with Gasteiger partial charge in [-0.05, 0) is 6.42 Å². The Bertz CT molecular complexity index is 637. The van der Waals surface area contributed by atoms with Gasteiger partial charge in [-0.25, -0.2) is 15.0 Å². The third-order valence-electron chi connectivity index (χ3n) is 3.68. The summed E-state index contributed by atoms with van der Waals surface area (Å²) in [4.78, 5) is 12.9. The number of aliphatic hydroxyl groups is 1. The second-order valence-electron chi connectivity index (χ2n) is 5.24. The van der Waals surface area contributed by atoms with Crippen molar-refractivity contribution in [2.45, 2.75) is 38.2 Å². The molecule has 0 saturated carbocycles. The number of nitrogens with zero attached hydrogens (tertiary/aromatic N) is 4. The SMILES string of the molecule is CCCNc1ncnc2c1ncn2[C@H]1CC(O)[C@@H](COP)O1. The molecule has 1 fully saturated rings. The van der Waals surface area contributed by atoms with Crippen LogP contribution in [0.5, 0.6) is 0 Å². The van der Waals surface area contributed by atoms with Gasteiger partial charge in [0, 0.05) is 22.4 Å². The first-order valence-electron chi connectivity index (χ1n) is 7.31. The number of rotatable bonds is 6. The minimum absolute atomic E-state index is 0.306. The van der Waals surface area contributed by atoms with Gasteiger partial charge in [-0.2, -0.15) is 0 Å². The van der Waals surface area contributed by atoms with Crippen LogP contribution < -0.4 is 5.32 Å². The molecular weight excluding hydrogens is 305 g/mol. The monoisotopic (exact) mass is 325 g/mol. The van der Waals surface area contributed by atoms with Crippen molar-refractivity contribution in [3.8, 4) is 0 Å². The Morgan fingerprint density at radius 3 is 3.14 bits per heavy atom. The maximum Gasteiger partial charge on any atom is 0.167 e. The molecule has 1 aliphatic rings. The van der Waals surface area contributed by atoms with E-state index in [9.17, 15) is 5.11 Å². The molecule has 2 aromatic rings. The van der Waals surface area contributed by atoms with E-state index in [1.165, 1.54) is 6.33 Å². The molecule has 2 aromatic heterocycles. The smallest absolute Gasteiger partial charge is 0.167 e. The molecule has 0 bridgehead atoms. The summed E-state index contributed by atoms with van der Waals surface area (Å²) in [6.07, 6.45) is 3.44. The van der Waals surface area contributed by atoms with Gasteiger partial charge < -0.3 is 19.7 Å². The molecule has 9 heteroatoms. The van der Waals surface area contributed by atoms with Gasteiger partial charge in [0.1, 0.15) is 18.7 Å². The van der Waals surface area contributed by atoms with Gasteiger partial charge in [0.2, 0.25) is 0 Å². The van der Waals surface area contributed by atoms with E-state index in [2.05, 4.69) is 36.7 Å². The molecule has 0 amide bonds. The van der Waals surface area contributed by atoms with Crippen molar-refractivity contribution in [2.24, 2.45) is 0 Å². The molecule has 3 heterocycles. The summed E-state index contributed by atoms with van der Waals surface area (Å²) in [7, 11) is 2.17. The zero-order valence-electron chi connectivity index (χ0n) is 12.3. The Balaban J connectivity index is 1.86. The summed E-state index contributed by atoms with van der Waals surface area (Å²) in [6.45, 7) is 3.24. The molecule has 0 aliphatic carbocycles. The van der Waals surface area contributed by atoms with Gasteiger partial charge in [-0.15, -0.1) is 0 Å². The Hall–Kier alpha value is -1.34. The van der Waals surface area contributed by atoms with Gasteiger partial charge in [0.15, 0.2) is 17.0 Å². The summed E-state index contributed by atoms with van der Waals surface area (Å²) in [6, 6.07) is 0. The predicted octanol–water partition coefficient (Wildman–Crippen LogP) is 1.10.